The third-order valence-corrected chi connectivity index (χ3v) is 4.22. The predicted octanol–water partition coefficient (Wildman–Crippen LogP) is 2.11. The van der Waals surface area contributed by atoms with Gasteiger partial charge in [0.05, 0.1) is 23.7 Å². The Morgan fingerprint density at radius 1 is 1.20 bits per heavy atom. The number of allylic oxidation sites excluding steroid dienone is 1. The topological polar surface area (TPSA) is 104 Å². The third kappa shape index (κ3) is 3.10. The lowest BCUT2D eigenvalue weighted by Crippen LogP contribution is -2.34. The zero-order valence-corrected chi connectivity index (χ0v) is 14.4. The van der Waals surface area contributed by atoms with Gasteiger partial charge in [-0.25, -0.2) is 9.59 Å². The lowest BCUT2D eigenvalue weighted by molar-refractivity contribution is -0.138. The number of nitrogens with one attached hydrogen (secondary N) is 3. The van der Waals surface area contributed by atoms with E-state index in [1.54, 1.807) is 38.1 Å². The molecule has 0 saturated heterocycles. The normalized spacial score (nSPS) is 16.2. The van der Waals surface area contributed by atoms with Crippen molar-refractivity contribution in [3.63, 3.8) is 0 Å². The molecule has 0 bridgehead atoms. The van der Waals surface area contributed by atoms with Gasteiger partial charge in [-0.15, -0.1) is 0 Å². The lowest BCUT2D eigenvalue weighted by atomic mass is 9.82. The highest BCUT2D eigenvalue weighted by Gasteiger charge is 2.35. The average molecular weight is 362 g/mol. The number of H-pyrrole nitrogens is 2. The Labute approximate surface area is 147 Å². The number of aromatic nitrogens is 2. The summed E-state index contributed by atoms with van der Waals surface area (Å²) in [6.07, 6.45) is 0. The summed E-state index contributed by atoms with van der Waals surface area (Å²) in [5, 5.41) is 3.45. The minimum absolute atomic E-state index is 0.206. The molecule has 0 saturated carbocycles. The first-order chi connectivity index (χ1) is 11.9. The molecule has 2 aromatic rings. The second-order valence-corrected chi connectivity index (χ2v) is 6.00. The molecular weight excluding hydrogens is 346 g/mol. The molecule has 0 spiro atoms. The number of halogens is 1. The number of anilines is 1. The zero-order chi connectivity index (χ0) is 18.1. The molecule has 1 aromatic heterocycles. The highest BCUT2D eigenvalue weighted by molar-refractivity contribution is 6.30. The summed E-state index contributed by atoms with van der Waals surface area (Å²) in [6, 6.07) is 6.82. The van der Waals surface area contributed by atoms with Gasteiger partial charge in [-0.3, -0.25) is 14.8 Å². The molecule has 1 aliphatic rings. The third-order valence-electron chi connectivity index (χ3n) is 3.97. The summed E-state index contributed by atoms with van der Waals surface area (Å²) >= 11 is 5.95. The van der Waals surface area contributed by atoms with Gasteiger partial charge in [0.2, 0.25) is 0 Å². The van der Waals surface area contributed by atoms with Crippen molar-refractivity contribution >= 4 is 23.4 Å². The van der Waals surface area contributed by atoms with E-state index in [-0.39, 0.29) is 18.0 Å². The van der Waals surface area contributed by atoms with Crippen molar-refractivity contribution in [2.45, 2.75) is 19.8 Å². The van der Waals surface area contributed by atoms with Crippen LogP contribution in [0, 0.1) is 0 Å². The molecule has 3 N–H and O–H groups in total. The van der Waals surface area contributed by atoms with Gasteiger partial charge in [0, 0.05) is 10.7 Å². The van der Waals surface area contributed by atoms with Gasteiger partial charge >= 0.3 is 11.7 Å². The Balaban J connectivity index is 2.27. The fourth-order valence-electron chi connectivity index (χ4n) is 2.95. The Morgan fingerprint density at radius 3 is 2.52 bits per heavy atom. The lowest BCUT2D eigenvalue weighted by Gasteiger charge is -2.28. The van der Waals surface area contributed by atoms with Crippen LogP contribution in [-0.4, -0.2) is 22.5 Å². The van der Waals surface area contributed by atoms with Crippen LogP contribution in [0.5, 0.6) is 0 Å². The molecule has 130 valence electrons. The van der Waals surface area contributed by atoms with E-state index >= 15 is 0 Å². The van der Waals surface area contributed by atoms with Crippen molar-refractivity contribution in [2.24, 2.45) is 0 Å². The van der Waals surface area contributed by atoms with Crippen LogP contribution in [0.15, 0.2) is 45.1 Å². The molecular formula is C17H16ClN3O4. The van der Waals surface area contributed by atoms with Gasteiger partial charge < -0.3 is 10.1 Å². The van der Waals surface area contributed by atoms with Gasteiger partial charge in [-0.2, -0.15) is 0 Å². The number of esters is 1. The number of carbonyl (C=O) groups is 1. The first kappa shape index (κ1) is 17.0. The number of fused-ring (bicyclic) bond motifs is 1. The van der Waals surface area contributed by atoms with E-state index in [1.165, 1.54) is 0 Å². The molecule has 0 fully saturated rings. The maximum absolute atomic E-state index is 12.5. The molecule has 1 aliphatic heterocycles. The summed E-state index contributed by atoms with van der Waals surface area (Å²) in [6.45, 7) is 3.61. The van der Waals surface area contributed by atoms with E-state index in [0.717, 1.165) is 0 Å². The van der Waals surface area contributed by atoms with Crippen LogP contribution < -0.4 is 16.6 Å². The fourth-order valence-corrected chi connectivity index (χ4v) is 3.08. The second-order valence-electron chi connectivity index (χ2n) is 5.57. The standard InChI is InChI=1S/C17H16ClN3O4/c1-3-25-16(23)11-8(2)19-14-13(15(22)21-17(24)20-14)12(11)9-4-6-10(18)7-5-9/h4-7,12H,3H2,1-2H3,(H3,19,20,21,22,24)/t12-/m1/s1. The van der Waals surface area contributed by atoms with Crippen LogP contribution in [-0.2, 0) is 9.53 Å². The molecule has 3 rings (SSSR count). The van der Waals surface area contributed by atoms with Gasteiger partial charge in [-0.1, -0.05) is 23.7 Å². The average Bonchev–Trinajstić information content (AvgIpc) is 2.54. The monoisotopic (exact) mass is 361 g/mol. The first-order valence-corrected chi connectivity index (χ1v) is 8.07. The Kier molecular flexibility index (Phi) is 4.50. The van der Waals surface area contributed by atoms with E-state index in [2.05, 4.69) is 15.3 Å². The fraction of sp³-hybridized carbons (Fsp3) is 0.235. The van der Waals surface area contributed by atoms with Crippen LogP contribution >= 0.6 is 11.6 Å². The van der Waals surface area contributed by atoms with Crippen molar-refractivity contribution in [3.8, 4) is 0 Å². The van der Waals surface area contributed by atoms with E-state index in [4.69, 9.17) is 16.3 Å². The minimum atomic E-state index is -0.687. The molecule has 1 atom stereocenters. The van der Waals surface area contributed by atoms with Crippen LogP contribution in [0.4, 0.5) is 5.82 Å². The van der Waals surface area contributed by atoms with E-state index in [9.17, 15) is 14.4 Å². The molecule has 0 amide bonds. The van der Waals surface area contributed by atoms with Gasteiger partial charge in [0.1, 0.15) is 5.82 Å². The number of hydrogen-bond donors (Lipinski definition) is 3. The second kappa shape index (κ2) is 6.60. The maximum atomic E-state index is 12.5. The summed E-state index contributed by atoms with van der Waals surface area (Å²) in [4.78, 5) is 41.3. The predicted molar refractivity (Wildman–Crippen MR) is 93.9 cm³/mol. The number of hydrogen-bond acceptors (Lipinski definition) is 5. The highest BCUT2D eigenvalue weighted by atomic mass is 35.5. The molecule has 0 unspecified atom stereocenters. The largest absolute Gasteiger partial charge is 0.463 e. The smallest absolute Gasteiger partial charge is 0.336 e. The van der Waals surface area contributed by atoms with Crippen molar-refractivity contribution in [1.29, 1.82) is 0 Å². The van der Waals surface area contributed by atoms with Crippen molar-refractivity contribution in [1.82, 2.24) is 9.97 Å². The van der Waals surface area contributed by atoms with Crippen LogP contribution in [0.1, 0.15) is 30.9 Å². The number of aromatic amines is 2. The van der Waals surface area contributed by atoms with E-state index in [1.807, 2.05) is 0 Å². The Hall–Kier alpha value is -2.80. The summed E-state index contributed by atoms with van der Waals surface area (Å²) < 4.78 is 5.16. The van der Waals surface area contributed by atoms with Gasteiger partial charge in [0.15, 0.2) is 0 Å². The van der Waals surface area contributed by atoms with Crippen LogP contribution in [0.2, 0.25) is 5.02 Å². The molecule has 1 aromatic carbocycles. The Morgan fingerprint density at radius 2 is 1.88 bits per heavy atom. The quantitative estimate of drug-likeness (QED) is 0.726. The van der Waals surface area contributed by atoms with Crippen molar-refractivity contribution in [3.05, 3.63) is 72.5 Å². The SMILES string of the molecule is CCOC(=O)C1=C(C)Nc2[nH]c(=O)[nH]c(=O)c2[C@@H]1c1ccc(Cl)cc1. The van der Waals surface area contributed by atoms with E-state index in [0.29, 0.717) is 21.9 Å². The summed E-state index contributed by atoms with van der Waals surface area (Å²) in [7, 11) is 0. The molecule has 25 heavy (non-hydrogen) atoms. The Bertz CT molecular complexity index is 973. The highest BCUT2D eigenvalue weighted by Crippen LogP contribution is 2.39. The molecule has 0 radical (unpaired) electrons. The van der Waals surface area contributed by atoms with Crippen molar-refractivity contribution in [2.75, 3.05) is 11.9 Å². The molecule has 8 heteroatoms. The summed E-state index contributed by atoms with van der Waals surface area (Å²) in [5.74, 6) is -0.948. The van der Waals surface area contributed by atoms with Gasteiger partial charge in [0.25, 0.3) is 5.56 Å². The summed E-state index contributed by atoms with van der Waals surface area (Å²) in [5.41, 5.74) is 0.558. The van der Waals surface area contributed by atoms with Gasteiger partial charge in [-0.05, 0) is 31.5 Å². The first-order valence-electron chi connectivity index (χ1n) is 7.69. The number of rotatable bonds is 3. The minimum Gasteiger partial charge on any atom is -0.463 e. The van der Waals surface area contributed by atoms with Crippen LogP contribution in [0.3, 0.4) is 0 Å². The number of ether oxygens (including phenoxy) is 1. The maximum Gasteiger partial charge on any atom is 0.336 e. The molecule has 0 aliphatic carbocycles. The molecule has 7 nitrogen and oxygen atoms in total. The van der Waals surface area contributed by atoms with Crippen molar-refractivity contribution < 1.29 is 9.53 Å². The van der Waals surface area contributed by atoms with E-state index < -0.39 is 23.1 Å². The number of carbonyl (C=O) groups excluding carboxylic acids is 1. The zero-order valence-electron chi connectivity index (χ0n) is 13.6. The van der Waals surface area contributed by atoms with Crippen LogP contribution in [0.25, 0.3) is 0 Å². The number of benzene rings is 1. The molecule has 2 heterocycles.